The molecule has 2 heterocycles. The van der Waals surface area contributed by atoms with E-state index in [1.54, 1.807) is 15.2 Å². The van der Waals surface area contributed by atoms with Crippen LogP contribution in [0.2, 0.25) is 0 Å². The molecule has 0 atom stereocenters. The Labute approximate surface area is 177 Å². The molecule has 0 fully saturated rings. The molecule has 1 aliphatic heterocycles. The SMILES string of the molecule is Cc1ccc(-n2c(C3=c4ccccc4=NC3=O)c(O)n(-c3ccccc3)c2=S)cc1. The van der Waals surface area contributed by atoms with E-state index in [-0.39, 0.29) is 5.88 Å². The van der Waals surface area contributed by atoms with Gasteiger partial charge in [0.25, 0.3) is 5.91 Å². The Morgan fingerprint density at radius 2 is 1.47 bits per heavy atom. The summed E-state index contributed by atoms with van der Waals surface area (Å²) >= 11 is 5.78. The summed E-state index contributed by atoms with van der Waals surface area (Å²) in [4.78, 5) is 17.1. The molecule has 4 aromatic rings. The number of amides is 1. The lowest BCUT2D eigenvalue weighted by Crippen LogP contribution is -2.23. The van der Waals surface area contributed by atoms with E-state index in [9.17, 15) is 9.90 Å². The number of carbonyl (C=O) groups is 1. The Kier molecular flexibility index (Phi) is 4.22. The molecule has 0 spiro atoms. The van der Waals surface area contributed by atoms with Crippen molar-refractivity contribution in [2.75, 3.05) is 0 Å². The predicted octanol–water partition coefficient (Wildman–Crippen LogP) is 3.37. The maximum absolute atomic E-state index is 12.9. The maximum atomic E-state index is 12.9. The van der Waals surface area contributed by atoms with E-state index in [0.717, 1.165) is 11.3 Å². The summed E-state index contributed by atoms with van der Waals surface area (Å²) in [6.07, 6.45) is 0. The number of imidazole rings is 1. The minimum Gasteiger partial charge on any atom is -0.493 e. The number of hydrogen-bond donors (Lipinski definition) is 1. The van der Waals surface area contributed by atoms with Crippen LogP contribution in [0.5, 0.6) is 5.88 Å². The fraction of sp³-hybridized carbons (Fsp3) is 0.0417. The molecule has 5 nitrogen and oxygen atoms in total. The number of nitrogens with zero attached hydrogens (tertiary/aromatic N) is 3. The normalized spacial score (nSPS) is 12.7. The summed E-state index contributed by atoms with van der Waals surface area (Å²) in [7, 11) is 0. The van der Waals surface area contributed by atoms with Crippen molar-refractivity contribution in [2.45, 2.75) is 6.92 Å². The number of aromatic nitrogens is 2. The average molecular weight is 411 g/mol. The predicted molar refractivity (Wildman–Crippen MR) is 117 cm³/mol. The van der Waals surface area contributed by atoms with Crippen LogP contribution in [0, 0.1) is 11.7 Å². The van der Waals surface area contributed by atoms with Gasteiger partial charge in [-0.05, 0) is 49.5 Å². The first kappa shape index (κ1) is 18.3. The number of hydrogen-bond acceptors (Lipinski definition) is 3. The van der Waals surface area contributed by atoms with Crippen molar-refractivity contribution in [2.24, 2.45) is 4.99 Å². The minimum absolute atomic E-state index is 0.0953. The van der Waals surface area contributed by atoms with Gasteiger partial charge < -0.3 is 5.11 Å². The third kappa shape index (κ3) is 2.73. The largest absolute Gasteiger partial charge is 0.493 e. The highest BCUT2D eigenvalue weighted by atomic mass is 32.1. The van der Waals surface area contributed by atoms with E-state index in [1.165, 1.54) is 0 Å². The van der Waals surface area contributed by atoms with Gasteiger partial charge in [-0.3, -0.25) is 13.9 Å². The van der Waals surface area contributed by atoms with E-state index in [1.807, 2.05) is 79.7 Å². The Bertz CT molecular complexity index is 1480. The van der Waals surface area contributed by atoms with Gasteiger partial charge in [0, 0.05) is 10.9 Å². The van der Waals surface area contributed by atoms with E-state index in [0.29, 0.717) is 32.3 Å². The molecule has 5 rings (SSSR count). The van der Waals surface area contributed by atoms with E-state index in [2.05, 4.69) is 4.99 Å². The van der Waals surface area contributed by atoms with Crippen molar-refractivity contribution in [3.05, 3.63) is 105 Å². The Morgan fingerprint density at radius 1 is 0.833 bits per heavy atom. The van der Waals surface area contributed by atoms with Gasteiger partial charge in [0.15, 0.2) is 4.77 Å². The molecule has 0 unspecified atom stereocenters. The van der Waals surface area contributed by atoms with Crippen LogP contribution in [-0.4, -0.2) is 20.1 Å². The lowest BCUT2D eigenvalue weighted by Gasteiger charge is -2.09. The van der Waals surface area contributed by atoms with Gasteiger partial charge in [0.1, 0.15) is 5.69 Å². The van der Waals surface area contributed by atoms with Crippen LogP contribution in [0.4, 0.5) is 0 Å². The first-order chi connectivity index (χ1) is 14.6. The highest BCUT2D eigenvalue weighted by Crippen LogP contribution is 2.33. The van der Waals surface area contributed by atoms with Crippen LogP contribution >= 0.6 is 12.2 Å². The molecule has 1 amide bonds. The highest BCUT2D eigenvalue weighted by molar-refractivity contribution is 7.71. The van der Waals surface area contributed by atoms with Crippen LogP contribution in [0.1, 0.15) is 11.3 Å². The van der Waals surface area contributed by atoms with Crippen LogP contribution in [0.15, 0.2) is 83.9 Å². The molecule has 3 aromatic carbocycles. The van der Waals surface area contributed by atoms with E-state index < -0.39 is 5.91 Å². The molecule has 0 saturated heterocycles. The quantitative estimate of drug-likeness (QED) is 0.526. The number of aryl methyl sites for hydroxylation is 1. The fourth-order valence-corrected chi connectivity index (χ4v) is 4.14. The monoisotopic (exact) mass is 411 g/mol. The van der Waals surface area contributed by atoms with E-state index >= 15 is 0 Å². The molecular formula is C24H17N3O2S. The number of rotatable bonds is 3. The van der Waals surface area contributed by atoms with Crippen molar-refractivity contribution in [1.29, 1.82) is 0 Å². The summed E-state index contributed by atoms with van der Waals surface area (Å²) < 4.78 is 3.68. The highest BCUT2D eigenvalue weighted by Gasteiger charge is 2.29. The van der Waals surface area contributed by atoms with Gasteiger partial charge in [-0.1, -0.05) is 54.1 Å². The van der Waals surface area contributed by atoms with Crippen LogP contribution < -0.4 is 10.6 Å². The summed E-state index contributed by atoms with van der Waals surface area (Å²) in [6, 6.07) is 24.5. The second-order valence-electron chi connectivity index (χ2n) is 7.11. The van der Waals surface area contributed by atoms with Gasteiger partial charge in [0.2, 0.25) is 5.88 Å². The topological polar surface area (TPSA) is 59.5 Å². The average Bonchev–Trinajstić information content (AvgIpc) is 3.21. The Hall–Kier alpha value is -3.77. The zero-order valence-corrected chi connectivity index (χ0v) is 16.9. The number of fused-ring (bicyclic) bond motifs is 1. The maximum Gasteiger partial charge on any atom is 0.280 e. The molecule has 146 valence electrons. The summed E-state index contributed by atoms with van der Waals surface area (Å²) in [5, 5.41) is 12.6. The van der Waals surface area contributed by atoms with Crippen LogP contribution in [0.25, 0.3) is 16.9 Å². The molecule has 1 aromatic heterocycles. The number of para-hydroxylation sites is 2. The number of aromatic hydroxyl groups is 1. The third-order valence-electron chi connectivity index (χ3n) is 5.18. The lowest BCUT2D eigenvalue weighted by atomic mass is 10.1. The molecular weight excluding hydrogens is 394 g/mol. The first-order valence-corrected chi connectivity index (χ1v) is 9.89. The van der Waals surface area contributed by atoms with Crippen LogP contribution in [0.3, 0.4) is 0 Å². The first-order valence-electron chi connectivity index (χ1n) is 9.48. The number of benzene rings is 3. The molecule has 30 heavy (non-hydrogen) atoms. The molecule has 0 aliphatic carbocycles. The molecule has 0 radical (unpaired) electrons. The van der Waals surface area contributed by atoms with Crippen molar-refractivity contribution >= 4 is 23.7 Å². The molecule has 1 N–H and O–H groups in total. The Morgan fingerprint density at radius 3 is 2.20 bits per heavy atom. The zero-order chi connectivity index (χ0) is 20.8. The van der Waals surface area contributed by atoms with Crippen molar-refractivity contribution in [3.8, 4) is 17.3 Å². The molecule has 0 saturated carbocycles. The fourth-order valence-electron chi connectivity index (χ4n) is 3.75. The summed E-state index contributed by atoms with van der Waals surface area (Å²) in [6.45, 7) is 2.00. The molecule has 1 aliphatic rings. The smallest absolute Gasteiger partial charge is 0.280 e. The van der Waals surface area contributed by atoms with Gasteiger partial charge in [-0.25, -0.2) is 4.99 Å². The van der Waals surface area contributed by atoms with Crippen molar-refractivity contribution in [3.63, 3.8) is 0 Å². The zero-order valence-electron chi connectivity index (χ0n) is 16.1. The molecule has 6 heteroatoms. The van der Waals surface area contributed by atoms with Crippen molar-refractivity contribution in [1.82, 2.24) is 9.13 Å². The lowest BCUT2D eigenvalue weighted by molar-refractivity contribution is -0.112. The van der Waals surface area contributed by atoms with E-state index in [4.69, 9.17) is 12.2 Å². The van der Waals surface area contributed by atoms with Crippen LogP contribution in [-0.2, 0) is 4.79 Å². The second-order valence-corrected chi connectivity index (χ2v) is 7.47. The van der Waals surface area contributed by atoms with Gasteiger partial charge >= 0.3 is 0 Å². The number of carbonyl (C=O) groups excluding carboxylic acids is 1. The third-order valence-corrected chi connectivity index (χ3v) is 5.55. The molecule has 0 bridgehead atoms. The Balaban J connectivity index is 1.93. The van der Waals surface area contributed by atoms with Crippen molar-refractivity contribution < 1.29 is 9.90 Å². The van der Waals surface area contributed by atoms with Gasteiger partial charge in [-0.2, -0.15) is 0 Å². The van der Waals surface area contributed by atoms with Gasteiger partial charge in [-0.15, -0.1) is 0 Å². The summed E-state index contributed by atoms with van der Waals surface area (Å²) in [5.41, 5.74) is 3.25. The van der Waals surface area contributed by atoms with Gasteiger partial charge in [0.05, 0.1) is 16.6 Å². The standard InChI is InChI=1S/C24H17N3O2S/c1-15-11-13-17(14-12-15)26-21(20-18-9-5-6-10-19(18)25-22(20)28)23(29)27(24(26)30)16-7-3-2-4-8-16/h2-14,29H,1H3. The second kappa shape index (κ2) is 6.93. The minimum atomic E-state index is -0.396. The summed E-state index contributed by atoms with van der Waals surface area (Å²) in [5.74, 6) is -0.491.